The molecule has 0 N–H and O–H groups in total. The van der Waals surface area contributed by atoms with Crippen molar-refractivity contribution in [2.75, 3.05) is 0 Å². The van der Waals surface area contributed by atoms with Gasteiger partial charge < -0.3 is 0 Å². The minimum Gasteiger partial charge on any atom is -0.287 e. The number of hydrogen-bond acceptors (Lipinski definition) is 1. The summed E-state index contributed by atoms with van der Waals surface area (Å²) in [7, 11) is 0. The van der Waals surface area contributed by atoms with Gasteiger partial charge in [0.25, 0.3) is 0 Å². The lowest BCUT2D eigenvalue weighted by molar-refractivity contribution is 0.832. The molecule has 11 heavy (non-hydrogen) atoms. The Labute approximate surface area is 70.2 Å². The summed E-state index contributed by atoms with van der Waals surface area (Å²) in [6.45, 7) is 10.6. The summed E-state index contributed by atoms with van der Waals surface area (Å²) in [6.07, 6.45) is 3.18. The molecule has 0 heterocycles. The van der Waals surface area contributed by atoms with Crippen molar-refractivity contribution in [1.82, 2.24) is 0 Å². The Hall–Kier alpha value is -0.590. The summed E-state index contributed by atoms with van der Waals surface area (Å²) in [5.41, 5.74) is 2.53. The van der Waals surface area contributed by atoms with Gasteiger partial charge in [0.05, 0.1) is 0 Å². The van der Waals surface area contributed by atoms with Gasteiger partial charge in [-0.2, -0.15) is 0 Å². The standard InChI is InChI=1S/C10H19N/c1-6-10(7-8(2)3)11-9(4)5/h7,9H,6H2,1-5H3/b11-10-. The molecule has 0 amide bonds. The number of nitrogens with zero attached hydrogens (tertiary/aromatic N) is 1. The van der Waals surface area contributed by atoms with E-state index in [4.69, 9.17) is 0 Å². The van der Waals surface area contributed by atoms with E-state index in [0.29, 0.717) is 6.04 Å². The lowest BCUT2D eigenvalue weighted by Crippen LogP contribution is -1.98. The number of allylic oxidation sites excluding steroid dienone is 2. The highest BCUT2D eigenvalue weighted by Gasteiger charge is 1.92. The first-order valence-corrected chi connectivity index (χ1v) is 4.27. The van der Waals surface area contributed by atoms with Crippen LogP contribution in [0.1, 0.15) is 41.0 Å². The number of rotatable bonds is 3. The maximum atomic E-state index is 4.48. The molecule has 0 aromatic rings. The largest absolute Gasteiger partial charge is 0.287 e. The fourth-order valence-electron chi connectivity index (χ4n) is 0.895. The molecule has 0 radical (unpaired) electrons. The van der Waals surface area contributed by atoms with Crippen molar-refractivity contribution in [2.45, 2.75) is 47.1 Å². The van der Waals surface area contributed by atoms with Gasteiger partial charge in [-0.1, -0.05) is 12.5 Å². The Morgan fingerprint density at radius 1 is 1.36 bits per heavy atom. The predicted molar refractivity (Wildman–Crippen MR) is 52.3 cm³/mol. The van der Waals surface area contributed by atoms with Crippen LogP contribution in [0.15, 0.2) is 16.6 Å². The van der Waals surface area contributed by atoms with Gasteiger partial charge in [-0.05, 0) is 40.2 Å². The van der Waals surface area contributed by atoms with Gasteiger partial charge in [0.2, 0.25) is 0 Å². The van der Waals surface area contributed by atoms with Gasteiger partial charge in [-0.25, -0.2) is 0 Å². The summed E-state index contributed by atoms with van der Waals surface area (Å²) >= 11 is 0. The van der Waals surface area contributed by atoms with Crippen LogP contribution in [0.4, 0.5) is 0 Å². The van der Waals surface area contributed by atoms with E-state index in [1.165, 1.54) is 11.3 Å². The van der Waals surface area contributed by atoms with E-state index in [1.807, 2.05) is 0 Å². The molecule has 64 valence electrons. The van der Waals surface area contributed by atoms with E-state index in [0.717, 1.165) is 6.42 Å². The van der Waals surface area contributed by atoms with E-state index < -0.39 is 0 Å². The molecule has 0 aromatic carbocycles. The second-order valence-electron chi connectivity index (χ2n) is 3.29. The average molecular weight is 153 g/mol. The highest BCUT2D eigenvalue weighted by molar-refractivity contribution is 5.95. The van der Waals surface area contributed by atoms with Crippen LogP contribution in [-0.4, -0.2) is 11.8 Å². The zero-order valence-corrected chi connectivity index (χ0v) is 8.31. The fourth-order valence-corrected chi connectivity index (χ4v) is 0.895. The highest BCUT2D eigenvalue weighted by Crippen LogP contribution is 1.98. The molecule has 0 saturated heterocycles. The van der Waals surface area contributed by atoms with Crippen LogP contribution >= 0.6 is 0 Å². The van der Waals surface area contributed by atoms with E-state index in [9.17, 15) is 0 Å². The van der Waals surface area contributed by atoms with Gasteiger partial charge in [-0.15, -0.1) is 0 Å². The molecule has 0 rings (SSSR count). The van der Waals surface area contributed by atoms with Crippen LogP contribution in [0.2, 0.25) is 0 Å². The Bertz CT molecular complexity index is 160. The van der Waals surface area contributed by atoms with Crippen molar-refractivity contribution in [3.05, 3.63) is 11.6 Å². The van der Waals surface area contributed by atoms with Crippen molar-refractivity contribution in [3.8, 4) is 0 Å². The van der Waals surface area contributed by atoms with Crippen LogP contribution < -0.4 is 0 Å². The maximum absolute atomic E-state index is 4.48. The quantitative estimate of drug-likeness (QED) is 0.552. The molecule has 0 saturated carbocycles. The summed E-state index contributed by atoms with van der Waals surface area (Å²) in [5.74, 6) is 0. The van der Waals surface area contributed by atoms with Gasteiger partial charge in [0.15, 0.2) is 0 Å². The van der Waals surface area contributed by atoms with E-state index >= 15 is 0 Å². The zero-order chi connectivity index (χ0) is 8.85. The SMILES string of the molecule is CC/C(C=C(C)C)=N/C(C)C. The molecule has 0 aromatic heterocycles. The van der Waals surface area contributed by atoms with Crippen LogP contribution in [0, 0.1) is 0 Å². The molecule has 0 bridgehead atoms. The summed E-state index contributed by atoms with van der Waals surface area (Å²) in [6, 6.07) is 0.417. The summed E-state index contributed by atoms with van der Waals surface area (Å²) in [4.78, 5) is 4.48. The Morgan fingerprint density at radius 2 is 1.91 bits per heavy atom. The molecule has 0 atom stereocenters. The van der Waals surface area contributed by atoms with Crippen LogP contribution in [0.5, 0.6) is 0 Å². The third-order valence-electron chi connectivity index (χ3n) is 1.24. The van der Waals surface area contributed by atoms with E-state index in [2.05, 4.69) is 45.7 Å². The number of aliphatic imine (C=N–C) groups is 1. The Morgan fingerprint density at radius 3 is 2.18 bits per heavy atom. The monoisotopic (exact) mass is 153 g/mol. The third-order valence-corrected chi connectivity index (χ3v) is 1.24. The molecule has 1 heteroatoms. The lowest BCUT2D eigenvalue weighted by Gasteiger charge is -2.01. The van der Waals surface area contributed by atoms with Gasteiger partial charge in [-0.3, -0.25) is 4.99 Å². The Balaban J connectivity index is 4.29. The van der Waals surface area contributed by atoms with Crippen molar-refractivity contribution < 1.29 is 0 Å². The number of hydrogen-bond donors (Lipinski definition) is 0. The predicted octanol–water partition coefficient (Wildman–Crippen LogP) is 3.21. The van der Waals surface area contributed by atoms with Crippen molar-refractivity contribution >= 4 is 5.71 Å². The first-order valence-electron chi connectivity index (χ1n) is 4.27. The molecular formula is C10H19N. The lowest BCUT2D eigenvalue weighted by atomic mass is 10.2. The topological polar surface area (TPSA) is 12.4 Å². The first-order chi connectivity index (χ1) is 5.06. The average Bonchev–Trinajstić information content (AvgIpc) is 1.84. The van der Waals surface area contributed by atoms with Crippen LogP contribution in [-0.2, 0) is 0 Å². The highest BCUT2D eigenvalue weighted by atomic mass is 14.8. The normalized spacial score (nSPS) is 12.0. The molecule has 0 aliphatic carbocycles. The van der Waals surface area contributed by atoms with Gasteiger partial charge in [0.1, 0.15) is 0 Å². The maximum Gasteiger partial charge on any atom is 0.0446 e. The zero-order valence-electron chi connectivity index (χ0n) is 8.31. The van der Waals surface area contributed by atoms with E-state index in [1.54, 1.807) is 0 Å². The smallest absolute Gasteiger partial charge is 0.0446 e. The second-order valence-corrected chi connectivity index (χ2v) is 3.29. The molecule has 0 unspecified atom stereocenters. The molecule has 0 spiro atoms. The summed E-state index contributed by atoms with van der Waals surface area (Å²) in [5, 5.41) is 0. The molecule has 1 nitrogen and oxygen atoms in total. The van der Waals surface area contributed by atoms with Gasteiger partial charge >= 0.3 is 0 Å². The third kappa shape index (κ3) is 5.84. The molecule has 0 fully saturated rings. The van der Waals surface area contributed by atoms with Crippen LogP contribution in [0.25, 0.3) is 0 Å². The Kier molecular flexibility index (Phi) is 4.84. The fraction of sp³-hybridized carbons (Fsp3) is 0.700. The van der Waals surface area contributed by atoms with Crippen molar-refractivity contribution in [2.24, 2.45) is 4.99 Å². The molecule has 0 aliphatic heterocycles. The minimum absolute atomic E-state index is 0.417. The molecule has 0 aliphatic rings. The minimum atomic E-state index is 0.417. The van der Waals surface area contributed by atoms with Crippen LogP contribution in [0.3, 0.4) is 0 Å². The van der Waals surface area contributed by atoms with Crippen molar-refractivity contribution in [3.63, 3.8) is 0 Å². The van der Waals surface area contributed by atoms with Crippen molar-refractivity contribution in [1.29, 1.82) is 0 Å². The van der Waals surface area contributed by atoms with E-state index in [-0.39, 0.29) is 0 Å². The first kappa shape index (κ1) is 10.4. The van der Waals surface area contributed by atoms with Gasteiger partial charge in [0, 0.05) is 11.8 Å². The summed E-state index contributed by atoms with van der Waals surface area (Å²) < 4.78 is 0. The second kappa shape index (κ2) is 5.11. The molecular weight excluding hydrogens is 134 g/mol.